The molecule has 346 valence electrons. The molecule has 10 heteroatoms. The van der Waals surface area contributed by atoms with Crippen molar-refractivity contribution in [3.63, 3.8) is 0 Å². The van der Waals surface area contributed by atoms with Crippen LogP contribution in [0.25, 0.3) is 0 Å². The fourth-order valence-electron chi connectivity index (χ4n) is 6.04. The van der Waals surface area contributed by atoms with Gasteiger partial charge >= 0.3 is 13.8 Å². The summed E-state index contributed by atoms with van der Waals surface area (Å²) >= 11 is 0. The zero-order chi connectivity index (χ0) is 43.9. The number of aliphatic hydroxyl groups excluding tert-OH is 2. The highest BCUT2D eigenvalue weighted by Crippen LogP contribution is 2.43. The van der Waals surface area contributed by atoms with Crippen molar-refractivity contribution in [2.24, 2.45) is 0 Å². The Labute approximate surface area is 366 Å². The molecule has 0 saturated heterocycles. The van der Waals surface area contributed by atoms with Gasteiger partial charge < -0.3 is 24.6 Å². The highest BCUT2D eigenvalue weighted by Gasteiger charge is 2.26. The quantitative estimate of drug-likeness (QED) is 0.0237. The molecule has 0 rings (SSSR count). The van der Waals surface area contributed by atoms with E-state index in [-0.39, 0.29) is 13.0 Å². The van der Waals surface area contributed by atoms with E-state index in [1.54, 1.807) is 0 Å². The Morgan fingerprint density at radius 2 is 0.950 bits per heavy atom. The highest BCUT2D eigenvalue weighted by molar-refractivity contribution is 7.47. The number of allylic oxidation sites excluding steroid dienone is 14. The molecule has 60 heavy (non-hydrogen) atoms. The molecule has 0 spiro atoms. The molecule has 0 bridgehead atoms. The van der Waals surface area contributed by atoms with E-state index in [9.17, 15) is 19.4 Å². The normalized spacial score (nSPS) is 14.7. The van der Waals surface area contributed by atoms with Crippen molar-refractivity contribution >= 4 is 13.8 Å². The smallest absolute Gasteiger partial charge is 0.457 e. The molecule has 0 radical (unpaired) electrons. The summed E-state index contributed by atoms with van der Waals surface area (Å²) in [6.45, 7) is 3.29. The minimum absolute atomic E-state index is 0.0163. The third-order valence-corrected chi connectivity index (χ3v) is 10.5. The maximum absolute atomic E-state index is 12.6. The molecule has 0 aromatic carbocycles. The van der Waals surface area contributed by atoms with Gasteiger partial charge in [0, 0.05) is 13.0 Å². The summed E-state index contributed by atoms with van der Waals surface area (Å²) in [5.74, 6) is -0.400. The number of hydrogen-bond acceptors (Lipinski definition) is 8. The van der Waals surface area contributed by atoms with Crippen LogP contribution in [-0.4, -0.2) is 66.3 Å². The van der Waals surface area contributed by atoms with E-state index >= 15 is 0 Å². The number of unbranched alkanes of at least 4 members (excludes halogenated alkanes) is 16. The van der Waals surface area contributed by atoms with Crippen LogP contribution in [0.5, 0.6) is 0 Å². The number of ether oxygens (including phenoxy) is 2. The average molecular weight is 863 g/mol. The minimum Gasteiger partial charge on any atom is -0.457 e. The Morgan fingerprint density at radius 3 is 1.40 bits per heavy atom. The van der Waals surface area contributed by atoms with Crippen molar-refractivity contribution in [3.8, 4) is 0 Å². The zero-order valence-electron chi connectivity index (χ0n) is 37.9. The second kappa shape index (κ2) is 46.2. The van der Waals surface area contributed by atoms with Crippen LogP contribution < -0.4 is 0 Å². The third kappa shape index (κ3) is 45.2. The van der Waals surface area contributed by atoms with Crippen LogP contribution in [0.3, 0.4) is 0 Å². The van der Waals surface area contributed by atoms with E-state index < -0.39 is 45.8 Å². The lowest BCUT2D eigenvalue weighted by molar-refractivity contribution is -0.154. The Morgan fingerprint density at radius 1 is 0.533 bits per heavy atom. The summed E-state index contributed by atoms with van der Waals surface area (Å²) in [5.41, 5.74) is 0. The fraction of sp³-hybridized carbons (Fsp3) is 0.700. The van der Waals surface area contributed by atoms with Crippen molar-refractivity contribution in [2.45, 2.75) is 193 Å². The van der Waals surface area contributed by atoms with Gasteiger partial charge in [0.1, 0.15) is 12.2 Å². The zero-order valence-corrected chi connectivity index (χ0v) is 38.8. The first-order chi connectivity index (χ1) is 29.3. The Bertz CT molecular complexity index is 1210. The minimum atomic E-state index is -4.54. The van der Waals surface area contributed by atoms with Gasteiger partial charge in [0.15, 0.2) is 0 Å². The molecule has 0 aliphatic rings. The Kier molecular flexibility index (Phi) is 44.3. The van der Waals surface area contributed by atoms with Crippen LogP contribution in [0.2, 0.25) is 0 Å². The van der Waals surface area contributed by atoms with E-state index in [0.29, 0.717) is 6.61 Å². The maximum Gasteiger partial charge on any atom is 0.472 e. The standard InChI is InChI=1S/C50H87O9P/c1-3-5-7-9-11-13-15-17-19-20-21-22-23-24-25-26-27-29-31-33-35-37-39-41-43-56-46-49(47-58-60(54,55)57-45-48(52)44-51)59-50(53)42-40-38-36-34-32-30-28-18-16-14-12-10-8-6-4-2/h5,7,11,13,17,19,21-22,24-25,27,29,33,35,48-49,51-52H,3-4,6,8-10,12,14-16,18,20,23,26,28,30-32,34,36-47H2,1-2H3,(H,54,55)/b7-5-,13-11-,19-17-,22-21-,25-24-,29-27-,35-33-. The molecule has 3 N–H and O–H groups in total. The number of carbonyl (C=O) groups is 1. The number of phosphoric acid groups is 1. The first-order valence-electron chi connectivity index (χ1n) is 23.6. The fourth-order valence-corrected chi connectivity index (χ4v) is 6.83. The molecule has 3 atom stereocenters. The van der Waals surface area contributed by atoms with E-state index in [1.807, 2.05) is 0 Å². The van der Waals surface area contributed by atoms with Crippen molar-refractivity contribution in [3.05, 3.63) is 85.1 Å². The summed E-state index contributed by atoms with van der Waals surface area (Å²) in [6, 6.07) is 0. The van der Waals surface area contributed by atoms with Gasteiger partial charge in [-0.15, -0.1) is 0 Å². The lowest BCUT2D eigenvalue weighted by Crippen LogP contribution is -2.29. The summed E-state index contributed by atoms with van der Waals surface area (Å²) < 4.78 is 33.4. The van der Waals surface area contributed by atoms with Crippen molar-refractivity contribution in [2.75, 3.05) is 33.0 Å². The number of carbonyl (C=O) groups excluding carboxylic acids is 1. The van der Waals surface area contributed by atoms with E-state index in [1.165, 1.54) is 77.0 Å². The Hall–Kier alpha value is -2.36. The van der Waals surface area contributed by atoms with Crippen LogP contribution in [0.15, 0.2) is 85.1 Å². The van der Waals surface area contributed by atoms with Gasteiger partial charge in [-0.3, -0.25) is 13.8 Å². The molecular formula is C50H87O9P. The number of aliphatic hydroxyl groups is 2. The molecule has 0 saturated carbocycles. The van der Waals surface area contributed by atoms with E-state index in [0.717, 1.165) is 83.5 Å². The molecule has 0 aliphatic heterocycles. The van der Waals surface area contributed by atoms with Crippen LogP contribution in [0.1, 0.15) is 181 Å². The molecule has 9 nitrogen and oxygen atoms in total. The van der Waals surface area contributed by atoms with E-state index in [2.05, 4.69) is 98.9 Å². The second-order valence-corrected chi connectivity index (χ2v) is 16.9. The SMILES string of the molecule is CC/C=C\C/C=C\C/C=C\C/C=C\C/C=C\C/C=C\C/C=C\CCCCOCC(COP(=O)(O)OCC(O)CO)OC(=O)CCCCCCCCCCCCCCCCC. The number of esters is 1. The summed E-state index contributed by atoms with van der Waals surface area (Å²) in [6.07, 6.45) is 56.9. The van der Waals surface area contributed by atoms with Gasteiger partial charge in [0.2, 0.25) is 0 Å². The average Bonchev–Trinajstić information content (AvgIpc) is 3.24. The molecule has 0 aromatic rings. The number of phosphoric ester groups is 1. The monoisotopic (exact) mass is 863 g/mol. The lowest BCUT2D eigenvalue weighted by Gasteiger charge is -2.20. The second-order valence-electron chi connectivity index (χ2n) is 15.4. The van der Waals surface area contributed by atoms with Crippen LogP contribution in [0, 0.1) is 0 Å². The summed E-state index contributed by atoms with van der Waals surface area (Å²) in [4.78, 5) is 22.6. The third-order valence-electron chi connectivity index (χ3n) is 9.60. The molecular weight excluding hydrogens is 776 g/mol. The van der Waals surface area contributed by atoms with Gasteiger partial charge in [-0.25, -0.2) is 4.57 Å². The molecule has 3 unspecified atom stereocenters. The van der Waals surface area contributed by atoms with Gasteiger partial charge in [-0.2, -0.15) is 0 Å². The first kappa shape index (κ1) is 57.6. The van der Waals surface area contributed by atoms with Crippen molar-refractivity contribution in [1.29, 1.82) is 0 Å². The van der Waals surface area contributed by atoms with Crippen LogP contribution in [0.4, 0.5) is 0 Å². The molecule has 0 aromatic heterocycles. The molecule has 0 fully saturated rings. The molecule has 0 aliphatic carbocycles. The Balaban J connectivity index is 4.23. The molecule has 0 heterocycles. The molecule has 0 amide bonds. The maximum atomic E-state index is 12.6. The topological polar surface area (TPSA) is 132 Å². The van der Waals surface area contributed by atoms with Gasteiger partial charge in [-0.1, -0.05) is 189 Å². The number of rotatable bonds is 44. The predicted molar refractivity (Wildman–Crippen MR) is 251 cm³/mol. The van der Waals surface area contributed by atoms with Crippen LogP contribution in [-0.2, 0) is 27.9 Å². The van der Waals surface area contributed by atoms with Gasteiger partial charge in [0.25, 0.3) is 0 Å². The van der Waals surface area contributed by atoms with Gasteiger partial charge in [-0.05, 0) is 70.6 Å². The number of hydrogen-bond donors (Lipinski definition) is 3. The van der Waals surface area contributed by atoms with E-state index in [4.69, 9.17) is 23.6 Å². The summed E-state index contributed by atoms with van der Waals surface area (Å²) in [5, 5.41) is 18.4. The highest BCUT2D eigenvalue weighted by atomic mass is 31.2. The largest absolute Gasteiger partial charge is 0.472 e. The lowest BCUT2D eigenvalue weighted by atomic mass is 10.0. The van der Waals surface area contributed by atoms with Crippen LogP contribution >= 0.6 is 7.82 Å². The summed E-state index contributed by atoms with van der Waals surface area (Å²) in [7, 11) is -4.54. The van der Waals surface area contributed by atoms with Gasteiger partial charge in [0.05, 0.1) is 26.4 Å². The van der Waals surface area contributed by atoms with Crippen molar-refractivity contribution < 1.29 is 43.0 Å². The first-order valence-corrected chi connectivity index (χ1v) is 25.1. The predicted octanol–water partition coefficient (Wildman–Crippen LogP) is 13.5. The van der Waals surface area contributed by atoms with Crippen molar-refractivity contribution in [1.82, 2.24) is 0 Å².